The Hall–Kier alpha value is -9.54. The first-order chi connectivity index (χ1) is 41.1. The van der Waals surface area contributed by atoms with Crippen molar-refractivity contribution in [3.63, 3.8) is 0 Å². The molecule has 0 aliphatic carbocycles. The molecule has 0 aliphatic heterocycles. The zero-order chi connectivity index (χ0) is 61.7. The van der Waals surface area contributed by atoms with Gasteiger partial charge in [-0.15, -0.1) is 0 Å². The SMILES string of the molecule is Cc1cc(C)c2nccnc2c1C.Cc1cc2nccnc2c(C)c1C.Cc1ccc2c(C)c3ccccc3nc2c1C.Cc1ccc2nc(C)c(C)nc2c1.Cc1ccc2nc3c(C)c(C)ccc3cc2c1.Cc1cnc2cc(C)c(C)cc2n1. The van der Waals surface area contributed by atoms with Crippen LogP contribution in [0.2, 0.25) is 0 Å². The summed E-state index contributed by atoms with van der Waals surface area (Å²) in [7, 11) is 0. The first kappa shape index (κ1) is 61.0. The van der Waals surface area contributed by atoms with Crippen molar-refractivity contribution in [2.24, 2.45) is 0 Å². The fraction of sp³-hybridized carbons (Fsp3) is 0.237. The second-order valence-electron chi connectivity index (χ2n) is 23.0. The minimum atomic E-state index is 0.968. The van der Waals surface area contributed by atoms with Crippen molar-refractivity contribution in [1.82, 2.24) is 49.8 Å². The molecule has 0 aliphatic rings. The summed E-state index contributed by atoms with van der Waals surface area (Å²) in [6.07, 6.45) is 8.76. The zero-order valence-corrected chi connectivity index (χ0v) is 53.3. The van der Waals surface area contributed by atoms with Crippen molar-refractivity contribution in [2.75, 3.05) is 0 Å². The van der Waals surface area contributed by atoms with Crippen LogP contribution in [-0.2, 0) is 0 Å². The highest BCUT2D eigenvalue weighted by Crippen LogP contribution is 2.29. The second-order valence-corrected chi connectivity index (χ2v) is 23.0. The summed E-state index contributed by atoms with van der Waals surface area (Å²) < 4.78 is 0. The van der Waals surface area contributed by atoms with E-state index in [0.29, 0.717) is 0 Å². The molecule has 10 nitrogen and oxygen atoms in total. The number of fused-ring (bicyclic) bond motifs is 8. The maximum absolute atomic E-state index is 4.80. The fourth-order valence-electron chi connectivity index (χ4n) is 10.5. The zero-order valence-electron chi connectivity index (χ0n) is 53.3. The van der Waals surface area contributed by atoms with E-state index in [1.54, 1.807) is 31.0 Å². The average molecular weight is 1130 g/mol. The third-order valence-electron chi connectivity index (χ3n) is 16.7. The number of hydrogen-bond acceptors (Lipinski definition) is 10. The van der Waals surface area contributed by atoms with E-state index in [9.17, 15) is 0 Å². The number of nitrogens with zero attached hydrogens (tertiary/aromatic N) is 10. The first-order valence-electron chi connectivity index (χ1n) is 29.4. The molecule has 6 heterocycles. The molecule has 10 heteroatoms. The van der Waals surface area contributed by atoms with Crippen LogP contribution in [0.1, 0.15) is 101 Å². The summed E-state index contributed by atoms with van der Waals surface area (Å²) in [5.74, 6) is 0. The Morgan fingerprint density at radius 3 is 1.51 bits per heavy atom. The van der Waals surface area contributed by atoms with Gasteiger partial charge in [0.15, 0.2) is 0 Å². The summed E-state index contributed by atoms with van der Waals surface area (Å²) >= 11 is 0. The minimum absolute atomic E-state index is 0.968. The van der Waals surface area contributed by atoms with Gasteiger partial charge in [0.2, 0.25) is 0 Å². The molecular weight excluding hydrogens is 1050 g/mol. The molecular formula is C76H78N10. The van der Waals surface area contributed by atoms with Crippen LogP contribution >= 0.6 is 0 Å². The molecule has 86 heavy (non-hydrogen) atoms. The van der Waals surface area contributed by atoms with Crippen molar-refractivity contribution < 1.29 is 0 Å². The van der Waals surface area contributed by atoms with Crippen LogP contribution in [-0.4, -0.2) is 49.8 Å². The van der Waals surface area contributed by atoms with Gasteiger partial charge in [-0.05, 0) is 257 Å². The van der Waals surface area contributed by atoms with E-state index in [-0.39, 0.29) is 0 Å². The van der Waals surface area contributed by atoms with Crippen molar-refractivity contribution in [1.29, 1.82) is 0 Å². The molecule has 0 radical (unpaired) electrons. The van der Waals surface area contributed by atoms with E-state index in [4.69, 9.17) is 9.97 Å². The highest BCUT2D eigenvalue weighted by molar-refractivity contribution is 5.99. The molecule has 14 rings (SSSR count). The van der Waals surface area contributed by atoms with Crippen molar-refractivity contribution in [2.45, 2.75) is 125 Å². The molecule has 0 spiro atoms. The van der Waals surface area contributed by atoms with E-state index < -0.39 is 0 Å². The molecule has 8 aromatic carbocycles. The predicted molar refractivity (Wildman–Crippen MR) is 362 cm³/mol. The van der Waals surface area contributed by atoms with Crippen LogP contribution in [0.3, 0.4) is 0 Å². The van der Waals surface area contributed by atoms with Crippen LogP contribution in [0, 0.1) is 125 Å². The van der Waals surface area contributed by atoms with Gasteiger partial charge in [-0.3, -0.25) is 24.9 Å². The third-order valence-corrected chi connectivity index (χ3v) is 16.7. The largest absolute Gasteiger partial charge is 0.253 e. The topological polar surface area (TPSA) is 129 Å². The van der Waals surface area contributed by atoms with E-state index in [0.717, 1.165) is 83.3 Å². The number of para-hydroxylation sites is 1. The van der Waals surface area contributed by atoms with Gasteiger partial charge in [0.1, 0.15) is 0 Å². The summed E-state index contributed by atoms with van der Waals surface area (Å²) in [6.45, 7) is 37.7. The van der Waals surface area contributed by atoms with Gasteiger partial charge in [0.05, 0.1) is 83.3 Å². The molecule has 0 saturated heterocycles. The number of aryl methyl sites for hydroxylation is 17. The number of hydrogen-bond donors (Lipinski definition) is 0. The number of aromatic nitrogens is 10. The van der Waals surface area contributed by atoms with Gasteiger partial charge in [-0.25, -0.2) is 24.9 Å². The van der Waals surface area contributed by atoms with E-state index in [1.165, 1.54) is 105 Å². The quantitative estimate of drug-likeness (QED) is 0.135. The molecule has 0 fully saturated rings. The number of benzene rings is 8. The van der Waals surface area contributed by atoms with Crippen molar-refractivity contribution >= 4 is 87.7 Å². The lowest BCUT2D eigenvalue weighted by Crippen LogP contribution is -1.93. The Bertz CT molecular complexity index is 4780. The fourth-order valence-corrected chi connectivity index (χ4v) is 10.5. The number of rotatable bonds is 0. The molecule has 0 saturated carbocycles. The van der Waals surface area contributed by atoms with E-state index in [1.807, 2.05) is 32.9 Å². The molecule has 6 aromatic heterocycles. The number of pyridine rings is 2. The summed E-state index contributed by atoms with van der Waals surface area (Å²) in [5.41, 5.74) is 34.5. The van der Waals surface area contributed by atoms with Crippen LogP contribution in [0.15, 0.2) is 146 Å². The molecule has 0 N–H and O–H groups in total. The molecule has 0 bridgehead atoms. The molecule has 432 valence electrons. The summed E-state index contributed by atoms with van der Waals surface area (Å²) in [4.78, 5) is 44.5. The van der Waals surface area contributed by atoms with E-state index >= 15 is 0 Å². The second kappa shape index (κ2) is 26.2. The van der Waals surface area contributed by atoms with Gasteiger partial charge in [0, 0.05) is 52.5 Å². The van der Waals surface area contributed by atoms with Gasteiger partial charge in [0.25, 0.3) is 0 Å². The Morgan fingerprint density at radius 2 is 0.791 bits per heavy atom. The monoisotopic (exact) mass is 1130 g/mol. The Balaban J connectivity index is 0.000000124. The maximum atomic E-state index is 4.80. The lowest BCUT2D eigenvalue weighted by molar-refractivity contribution is 1.10. The lowest BCUT2D eigenvalue weighted by Gasteiger charge is -2.10. The van der Waals surface area contributed by atoms with Gasteiger partial charge in [-0.2, -0.15) is 0 Å². The third kappa shape index (κ3) is 13.5. The first-order valence-corrected chi connectivity index (χ1v) is 29.4. The van der Waals surface area contributed by atoms with Crippen LogP contribution in [0.5, 0.6) is 0 Å². The highest BCUT2D eigenvalue weighted by atomic mass is 14.8. The summed E-state index contributed by atoms with van der Waals surface area (Å²) in [6, 6.07) is 40.3. The van der Waals surface area contributed by atoms with Gasteiger partial charge in [-0.1, -0.05) is 66.2 Å². The molecule has 0 unspecified atom stereocenters. The smallest absolute Gasteiger partial charge is 0.0921 e. The Kier molecular flexibility index (Phi) is 18.6. The standard InChI is InChI=1S/2C16H15N.4C11H12N2/c1-10-4-7-15-14(8-10)9-13-6-5-11(2)12(3)16(13)17-15;1-10-8-9-14-12(3)13-6-4-5-7-15(13)17-16(14)11(10)2;1-7-4-10-11(5-8(7)2)13-9(3)6-12-10;1-7-6-10-11(9(3)8(7)2)13-5-4-12-10;1-7-6-8(2)10-11(9(7)3)13-5-4-12-10;1-7-4-5-10-11(6-7)13-9(3)8(2)12-10/h2*4-9H,1-3H3;4*4-6H,1-3H3. The van der Waals surface area contributed by atoms with Crippen LogP contribution in [0.4, 0.5) is 0 Å². The Morgan fingerprint density at radius 1 is 0.244 bits per heavy atom. The lowest BCUT2D eigenvalue weighted by atomic mass is 9.99. The van der Waals surface area contributed by atoms with Gasteiger partial charge < -0.3 is 0 Å². The van der Waals surface area contributed by atoms with Gasteiger partial charge >= 0.3 is 0 Å². The minimum Gasteiger partial charge on any atom is -0.253 e. The van der Waals surface area contributed by atoms with Crippen LogP contribution < -0.4 is 0 Å². The van der Waals surface area contributed by atoms with Crippen molar-refractivity contribution in [3.8, 4) is 0 Å². The molecule has 0 atom stereocenters. The average Bonchev–Trinajstić information content (AvgIpc) is 1.20. The Labute approximate surface area is 506 Å². The normalized spacial score (nSPS) is 10.9. The van der Waals surface area contributed by atoms with E-state index in [2.05, 4.69) is 247 Å². The molecule has 0 amide bonds. The van der Waals surface area contributed by atoms with Crippen molar-refractivity contribution in [3.05, 3.63) is 247 Å². The highest BCUT2D eigenvalue weighted by Gasteiger charge is 2.10. The van der Waals surface area contributed by atoms with Crippen LogP contribution in [0.25, 0.3) is 87.7 Å². The molecule has 14 aromatic rings. The predicted octanol–water partition coefficient (Wildman–Crippen LogP) is 18.8. The maximum Gasteiger partial charge on any atom is 0.0921 e. The summed E-state index contributed by atoms with van der Waals surface area (Å²) in [5, 5.41) is 4.97.